The second-order valence-electron chi connectivity index (χ2n) is 6.29. The monoisotopic (exact) mass is 396 g/mol. The first-order valence-corrected chi connectivity index (χ1v) is 7.83. The summed E-state index contributed by atoms with van der Waals surface area (Å²) in [4.78, 5) is 21.2. The van der Waals surface area contributed by atoms with Crippen LogP contribution in [0.2, 0.25) is 0 Å². The lowest BCUT2D eigenvalue weighted by Gasteiger charge is -2.38. The number of aromatic nitrogens is 1. The van der Waals surface area contributed by atoms with Crippen LogP contribution in [0.4, 0.5) is 0 Å². The number of piperazine rings is 1. The summed E-state index contributed by atoms with van der Waals surface area (Å²) in [6, 6.07) is 4.08. The Labute approximate surface area is 162 Å². The Morgan fingerprint density at radius 3 is 2.50 bits per heavy atom. The van der Waals surface area contributed by atoms with Crippen molar-refractivity contribution < 1.29 is 4.79 Å². The van der Waals surface area contributed by atoms with Crippen LogP contribution in [0.15, 0.2) is 24.5 Å². The lowest BCUT2D eigenvalue weighted by Crippen LogP contribution is -2.57. The molecule has 1 amide bonds. The van der Waals surface area contributed by atoms with Gasteiger partial charge in [0.15, 0.2) is 0 Å². The van der Waals surface area contributed by atoms with E-state index in [9.17, 15) is 4.79 Å². The molecule has 0 aliphatic carbocycles. The zero-order chi connectivity index (χ0) is 14.7. The van der Waals surface area contributed by atoms with Crippen molar-refractivity contribution in [2.24, 2.45) is 0 Å². The number of halogens is 3. The van der Waals surface area contributed by atoms with Gasteiger partial charge in [0.05, 0.1) is 5.54 Å². The van der Waals surface area contributed by atoms with Crippen LogP contribution in [-0.4, -0.2) is 59.0 Å². The number of nitrogens with zero attached hydrogens (tertiary/aromatic N) is 3. The summed E-state index contributed by atoms with van der Waals surface area (Å²) < 4.78 is 0. The maximum atomic E-state index is 12.6. The maximum Gasteiger partial charge on any atom is 0.242 e. The van der Waals surface area contributed by atoms with Crippen molar-refractivity contribution >= 4 is 43.1 Å². The highest BCUT2D eigenvalue weighted by Gasteiger charge is 2.39. The van der Waals surface area contributed by atoms with Crippen molar-refractivity contribution in [1.29, 1.82) is 0 Å². The third kappa shape index (κ3) is 5.46. The van der Waals surface area contributed by atoms with Crippen LogP contribution >= 0.6 is 37.2 Å². The first-order valence-electron chi connectivity index (χ1n) is 7.83. The molecule has 3 heterocycles. The van der Waals surface area contributed by atoms with Gasteiger partial charge in [-0.3, -0.25) is 14.7 Å². The molecule has 1 N–H and O–H groups in total. The van der Waals surface area contributed by atoms with Gasteiger partial charge in [-0.05, 0) is 37.9 Å². The molecule has 2 aliphatic heterocycles. The molecule has 0 bridgehead atoms. The highest BCUT2D eigenvalue weighted by molar-refractivity contribution is 5.86. The molecule has 0 spiro atoms. The van der Waals surface area contributed by atoms with Gasteiger partial charge in [-0.1, -0.05) is 6.07 Å². The van der Waals surface area contributed by atoms with Crippen LogP contribution in [0, 0.1) is 0 Å². The molecule has 1 aromatic heterocycles. The fraction of sp³-hybridized carbons (Fsp3) is 0.625. The van der Waals surface area contributed by atoms with Crippen molar-refractivity contribution in [2.45, 2.75) is 31.8 Å². The summed E-state index contributed by atoms with van der Waals surface area (Å²) in [7, 11) is 0. The Morgan fingerprint density at radius 2 is 1.96 bits per heavy atom. The second kappa shape index (κ2) is 10.4. The topological polar surface area (TPSA) is 48.5 Å². The summed E-state index contributed by atoms with van der Waals surface area (Å²) >= 11 is 0. The van der Waals surface area contributed by atoms with E-state index >= 15 is 0 Å². The molecule has 0 aromatic carbocycles. The minimum Gasteiger partial charge on any atom is -0.339 e. The number of carbonyl (C=O) groups is 1. The van der Waals surface area contributed by atoms with Gasteiger partial charge in [0, 0.05) is 45.1 Å². The number of hydrogen-bond acceptors (Lipinski definition) is 4. The molecule has 8 heteroatoms. The maximum absolute atomic E-state index is 12.6. The number of hydrogen-bond donors (Lipinski definition) is 1. The number of amides is 1. The lowest BCUT2D eigenvalue weighted by atomic mass is 9.98. The Hall–Kier alpha value is -0.590. The molecule has 1 unspecified atom stereocenters. The molecule has 24 heavy (non-hydrogen) atoms. The van der Waals surface area contributed by atoms with Crippen molar-refractivity contribution in [1.82, 2.24) is 20.1 Å². The van der Waals surface area contributed by atoms with Gasteiger partial charge in [-0.25, -0.2) is 0 Å². The number of pyridine rings is 1. The van der Waals surface area contributed by atoms with Gasteiger partial charge in [-0.15, -0.1) is 37.2 Å². The fourth-order valence-electron chi connectivity index (χ4n) is 3.29. The Balaban J connectivity index is 0.00000176. The fourth-order valence-corrected chi connectivity index (χ4v) is 3.29. The van der Waals surface area contributed by atoms with Gasteiger partial charge < -0.3 is 10.2 Å². The first kappa shape index (κ1) is 23.4. The third-order valence-corrected chi connectivity index (χ3v) is 4.63. The van der Waals surface area contributed by atoms with Crippen LogP contribution in [0.5, 0.6) is 0 Å². The predicted molar refractivity (Wildman–Crippen MR) is 103 cm³/mol. The van der Waals surface area contributed by atoms with E-state index in [0.29, 0.717) is 0 Å². The summed E-state index contributed by atoms with van der Waals surface area (Å²) in [5.74, 6) is 0.279. The van der Waals surface area contributed by atoms with E-state index in [0.717, 1.165) is 52.1 Å². The Bertz CT molecular complexity index is 489. The summed E-state index contributed by atoms with van der Waals surface area (Å²) in [6.07, 6.45) is 5.78. The van der Waals surface area contributed by atoms with Crippen molar-refractivity contribution in [3.8, 4) is 0 Å². The molecule has 2 saturated heterocycles. The van der Waals surface area contributed by atoms with Crippen LogP contribution in [-0.2, 0) is 11.3 Å². The second-order valence-corrected chi connectivity index (χ2v) is 6.29. The van der Waals surface area contributed by atoms with Crippen LogP contribution in [0.1, 0.15) is 25.3 Å². The van der Waals surface area contributed by atoms with E-state index in [1.165, 1.54) is 5.56 Å². The van der Waals surface area contributed by atoms with Gasteiger partial charge in [-0.2, -0.15) is 0 Å². The average Bonchev–Trinajstić information content (AvgIpc) is 2.96. The van der Waals surface area contributed by atoms with Crippen molar-refractivity contribution in [3.05, 3.63) is 30.1 Å². The Kier molecular flexibility index (Phi) is 10.2. The molecule has 2 fully saturated rings. The normalized spacial score (nSPS) is 23.6. The van der Waals surface area contributed by atoms with Gasteiger partial charge in [0.2, 0.25) is 5.91 Å². The van der Waals surface area contributed by atoms with E-state index in [2.05, 4.69) is 21.3 Å². The quantitative estimate of drug-likeness (QED) is 0.849. The number of carbonyl (C=O) groups excluding carboxylic acids is 1. The molecule has 5 nitrogen and oxygen atoms in total. The van der Waals surface area contributed by atoms with E-state index in [1.54, 1.807) is 6.20 Å². The largest absolute Gasteiger partial charge is 0.339 e. The van der Waals surface area contributed by atoms with Gasteiger partial charge >= 0.3 is 0 Å². The molecule has 3 rings (SSSR count). The highest BCUT2D eigenvalue weighted by atomic mass is 35.5. The minimum absolute atomic E-state index is 0. The molecular weight excluding hydrogens is 371 g/mol. The molecule has 0 saturated carbocycles. The summed E-state index contributed by atoms with van der Waals surface area (Å²) in [5.41, 5.74) is 0.910. The smallest absolute Gasteiger partial charge is 0.242 e. The average molecular weight is 398 g/mol. The predicted octanol–water partition coefficient (Wildman–Crippen LogP) is 2.13. The van der Waals surface area contributed by atoms with E-state index in [-0.39, 0.29) is 48.7 Å². The number of nitrogens with one attached hydrogen (secondary N) is 1. The van der Waals surface area contributed by atoms with Crippen molar-refractivity contribution in [3.63, 3.8) is 0 Å². The number of rotatable bonds is 3. The standard InChI is InChI=1S/C16H24N4O.3ClH/c1-16(5-3-7-18-16)15(21)20-10-8-19(9-11-20)13-14-4-2-6-17-12-14;;;/h2,4,6,12,18H,3,5,7-11,13H2,1H3;3*1H. The van der Waals surface area contributed by atoms with Crippen LogP contribution < -0.4 is 5.32 Å². The molecule has 1 atom stereocenters. The highest BCUT2D eigenvalue weighted by Crippen LogP contribution is 2.22. The molecule has 0 radical (unpaired) electrons. The zero-order valence-corrected chi connectivity index (χ0v) is 16.4. The van der Waals surface area contributed by atoms with Crippen LogP contribution in [0.25, 0.3) is 0 Å². The molecule has 2 aliphatic rings. The molecular formula is C16H27Cl3N4O. The lowest BCUT2D eigenvalue weighted by molar-refractivity contribution is -0.139. The summed E-state index contributed by atoms with van der Waals surface area (Å²) in [6.45, 7) is 7.47. The zero-order valence-electron chi connectivity index (χ0n) is 13.9. The third-order valence-electron chi connectivity index (χ3n) is 4.63. The summed E-state index contributed by atoms with van der Waals surface area (Å²) in [5, 5.41) is 3.37. The van der Waals surface area contributed by atoms with E-state index in [4.69, 9.17) is 0 Å². The van der Waals surface area contributed by atoms with Gasteiger partial charge in [0.1, 0.15) is 0 Å². The molecule has 138 valence electrons. The minimum atomic E-state index is -0.328. The van der Waals surface area contributed by atoms with Crippen LogP contribution in [0.3, 0.4) is 0 Å². The van der Waals surface area contributed by atoms with E-state index < -0.39 is 0 Å². The van der Waals surface area contributed by atoms with Gasteiger partial charge in [0.25, 0.3) is 0 Å². The Morgan fingerprint density at radius 1 is 1.25 bits per heavy atom. The SMILES string of the molecule is CC1(C(=O)N2CCN(Cc3cccnc3)CC2)CCCN1.Cl.Cl.Cl. The first-order chi connectivity index (χ1) is 10.2. The van der Waals surface area contributed by atoms with Crippen molar-refractivity contribution in [2.75, 3.05) is 32.7 Å². The van der Waals surface area contributed by atoms with E-state index in [1.807, 2.05) is 24.1 Å². The molecule has 1 aromatic rings.